The van der Waals surface area contributed by atoms with Crippen molar-refractivity contribution in [3.8, 4) is 0 Å². The lowest BCUT2D eigenvalue weighted by atomic mass is 10.1. The second-order valence-corrected chi connectivity index (χ2v) is 8.06. The van der Waals surface area contributed by atoms with Crippen molar-refractivity contribution < 1.29 is 9.59 Å². The third-order valence-electron chi connectivity index (χ3n) is 5.39. The Morgan fingerprint density at radius 1 is 1.00 bits per heavy atom. The number of hydrogen-bond acceptors (Lipinski definition) is 3. The quantitative estimate of drug-likeness (QED) is 0.301. The number of aromatic nitrogens is 1. The van der Waals surface area contributed by atoms with E-state index in [2.05, 4.69) is 26.5 Å². The molecule has 4 rings (SSSR count). The summed E-state index contributed by atoms with van der Waals surface area (Å²) in [6.45, 7) is 4.09. The van der Waals surface area contributed by atoms with Crippen molar-refractivity contribution in [2.24, 2.45) is 5.10 Å². The fraction of sp³-hybridized carbons (Fsp3) is 0.115. The molecule has 0 radical (unpaired) electrons. The van der Waals surface area contributed by atoms with Gasteiger partial charge in [-0.3, -0.25) is 9.59 Å². The van der Waals surface area contributed by atoms with Crippen molar-refractivity contribution in [3.05, 3.63) is 100 Å². The molecule has 0 atom stereocenters. The number of anilines is 1. The van der Waals surface area contributed by atoms with E-state index in [0.29, 0.717) is 17.8 Å². The van der Waals surface area contributed by atoms with Gasteiger partial charge in [0.2, 0.25) is 5.91 Å². The maximum absolute atomic E-state index is 12.5. The number of fused-ring (bicyclic) bond motifs is 1. The Balaban J connectivity index is 1.56. The zero-order valence-electron chi connectivity index (χ0n) is 18.3. The summed E-state index contributed by atoms with van der Waals surface area (Å²) >= 11 is 6.39. The van der Waals surface area contributed by atoms with Crippen LogP contribution in [0.5, 0.6) is 0 Å². The van der Waals surface area contributed by atoms with E-state index in [9.17, 15) is 9.59 Å². The van der Waals surface area contributed by atoms with Crippen molar-refractivity contribution in [3.63, 3.8) is 0 Å². The average molecular weight is 459 g/mol. The van der Waals surface area contributed by atoms with Crippen molar-refractivity contribution in [1.82, 2.24) is 9.99 Å². The standard InChI is InChI=1S/C26H23ClN4O2/c1-17-23(15-28-30-26(33)19-11-13-21(14-12-19)29-18(2)32)22-8-4-6-10-25(22)31(17)16-20-7-3-5-9-24(20)27/h3-15H,16H2,1-2H3,(H,29,32)(H,30,33)/b28-15-. The maximum atomic E-state index is 12.5. The number of hydrazone groups is 1. The van der Waals surface area contributed by atoms with Gasteiger partial charge in [0.05, 0.1) is 6.21 Å². The number of nitrogens with one attached hydrogen (secondary N) is 2. The Kier molecular flexibility index (Phi) is 6.56. The van der Waals surface area contributed by atoms with Gasteiger partial charge in [0.1, 0.15) is 0 Å². The first-order chi connectivity index (χ1) is 15.9. The third-order valence-corrected chi connectivity index (χ3v) is 5.76. The topological polar surface area (TPSA) is 75.5 Å². The van der Waals surface area contributed by atoms with Crippen LogP contribution < -0.4 is 10.7 Å². The molecule has 0 saturated carbocycles. The van der Waals surface area contributed by atoms with Gasteiger partial charge in [-0.05, 0) is 48.9 Å². The number of nitrogens with zero attached hydrogens (tertiary/aromatic N) is 2. The maximum Gasteiger partial charge on any atom is 0.271 e. The fourth-order valence-electron chi connectivity index (χ4n) is 3.75. The summed E-state index contributed by atoms with van der Waals surface area (Å²) in [5, 5.41) is 8.64. The Labute approximate surface area is 196 Å². The normalized spacial score (nSPS) is 11.1. The molecule has 0 unspecified atom stereocenters. The zero-order valence-corrected chi connectivity index (χ0v) is 19.1. The highest BCUT2D eigenvalue weighted by atomic mass is 35.5. The van der Waals surface area contributed by atoms with Crippen LogP contribution in [0.4, 0.5) is 5.69 Å². The van der Waals surface area contributed by atoms with E-state index in [1.54, 1.807) is 30.5 Å². The van der Waals surface area contributed by atoms with E-state index in [-0.39, 0.29) is 11.8 Å². The Hall–Kier alpha value is -3.90. The van der Waals surface area contributed by atoms with Gasteiger partial charge in [-0.1, -0.05) is 48.0 Å². The van der Waals surface area contributed by atoms with Crippen molar-refractivity contribution in [2.75, 3.05) is 5.32 Å². The van der Waals surface area contributed by atoms with Gasteiger partial charge in [-0.25, -0.2) is 5.43 Å². The van der Waals surface area contributed by atoms with Crippen molar-refractivity contribution in [1.29, 1.82) is 0 Å². The molecule has 1 heterocycles. The van der Waals surface area contributed by atoms with E-state index in [1.165, 1.54) is 6.92 Å². The molecule has 0 fully saturated rings. The molecule has 166 valence electrons. The second kappa shape index (κ2) is 9.71. The number of para-hydroxylation sites is 1. The van der Waals surface area contributed by atoms with Gasteiger partial charge in [0, 0.05) is 51.9 Å². The van der Waals surface area contributed by atoms with Crippen LogP contribution in [0.3, 0.4) is 0 Å². The highest BCUT2D eigenvalue weighted by Gasteiger charge is 2.14. The SMILES string of the molecule is CC(=O)Nc1ccc(C(=O)N/N=C\c2c(C)n(Cc3ccccc3Cl)c3ccccc23)cc1. The molecule has 2 N–H and O–H groups in total. The smallest absolute Gasteiger partial charge is 0.271 e. The first kappa shape index (κ1) is 22.3. The van der Waals surface area contributed by atoms with Crippen LogP contribution in [-0.4, -0.2) is 22.6 Å². The molecular formula is C26H23ClN4O2. The lowest BCUT2D eigenvalue weighted by Gasteiger charge is -2.10. The molecule has 0 aliphatic rings. The van der Waals surface area contributed by atoms with Crippen LogP contribution >= 0.6 is 11.6 Å². The molecule has 33 heavy (non-hydrogen) atoms. The molecular weight excluding hydrogens is 436 g/mol. The molecule has 1 aromatic heterocycles. The number of hydrogen-bond donors (Lipinski definition) is 2. The van der Waals surface area contributed by atoms with Crippen LogP contribution in [-0.2, 0) is 11.3 Å². The lowest BCUT2D eigenvalue weighted by molar-refractivity contribution is -0.114. The fourth-order valence-corrected chi connectivity index (χ4v) is 3.95. The lowest BCUT2D eigenvalue weighted by Crippen LogP contribution is -2.17. The number of amides is 2. The van der Waals surface area contributed by atoms with E-state index in [1.807, 2.05) is 49.4 Å². The van der Waals surface area contributed by atoms with Gasteiger partial charge in [-0.15, -0.1) is 0 Å². The zero-order chi connectivity index (χ0) is 23.4. The molecule has 0 saturated heterocycles. The molecule has 0 aliphatic heterocycles. The van der Waals surface area contributed by atoms with Gasteiger partial charge in [-0.2, -0.15) is 5.10 Å². The van der Waals surface area contributed by atoms with Crippen LogP contribution in [0.15, 0.2) is 77.9 Å². The number of halogens is 1. The van der Waals surface area contributed by atoms with Gasteiger partial charge in [0.15, 0.2) is 0 Å². The molecule has 0 spiro atoms. The first-order valence-electron chi connectivity index (χ1n) is 10.5. The summed E-state index contributed by atoms with van der Waals surface area (Å²) in [6, 6.07) is 22.5. The van der Waals surface area contributed by atoms with Gasteiger partial charge >= 0.3 is 0 Å². The number of benzene rings is 3. The molecule has 0 bridgehead atoms. The molecule has 6 nitrogen and oxygen atoms in total. The largest absolute Gasteiger partial charge is 0.340 e. The van der Waals surface area contributed by atoms with Crippen LogP contribution in [0.2, 0.25) is 5.02 Å². The Morgan fingerprint density at radius 3 is 2.42 bits per heavy atom. The monoisotopic (exact) mass is 458 g/mol. The predicted molar refractivity (Wildman–Crippen MR) is 133 cm³/mol. The minimum absolute atomic E-state index is 0.166. The van der Waals surface area contributed by atoms with E-state index in [0.717, 1.165) is 32.7 Å². The minimum atomic E-state index is -0.335. The molecule has 4 aromatic rings. The molecule has 7 heteroatoms. The first-order valence-corrected chi connectivity index (χ1v) is 10.8. The second-order valence-electron chi connectivity index (χ2n) is 7.65. The Morgan fingerprint density at radius 2 is 1.70 bits per heavy atom. The highest BCUT2D eigenvalue weighted by molar-refractivity contribution is 6.31. The van der Waals surface area contributed by atoms with Crippen molar-refractivity contribution >= 4 is 46.2 Å². The van der Waals surface area contributed by atoms with E-state index < -0.39 is 0 Å². The number of carbonyl (C=O) groups is 2. The van der Waals surface area contributed by atoms with Gasteiger partial charge in [0.25, 0.3) is 5.91 Å². The minimum Gasteiger partial charge on any atom is -0.340 e. The van der Waals surface area contributed by atoms with E-state index in [4.69, 9.17) is 11.6 Å². The highest BCUT2D eigenvalue weighted by Crippen LogP contribution is 2.27. The Bertz CT molecular complexity index is 1360. The van der Waals surface area contributed by atoms with Crippen LogP contribution in [0.1, 0.15) is 34.1 Å². The van der Waals surface area contributed by atoms with Gasteiger partial charge < -0.3 is 9.88 Å². The summed E-state index contributed by atoms with van der Waals surface area (Å²) < 4.78 is 2.19. The molecule has 0 aliphatic carbocycles. The average Bonchev–Trinajstić information content (AvgIpc) is 3.06. The molecule has 3 aromatic carbocycles. The number of rotatable bonds is 6. The summed E-state index contributed by atoms with van der Waals surface area (Å²) in [6.07, 6.45) is 1.67. The summed E-state index contributed by atoms with van der Waals surface area (Å²) in [5.41, 5.74) is 7.70. The summed E-state index contributed by atoms with van der Waals surface area (Å²) in [7, 11) is 0. The van der Waals surface area contributed by atoms with E-state index >= 15 is 0 Å². The summed E-state index contributed by atoms with van der Waals surface area (Å²) in [5.74, 6) is -0.501. The number of carbonyl (C=O) groups excluding carboxylic acids is 2. The van der Waals surface area contributed by atoms with Crippen LogP contribution in [0, 0.1) is 6.92 Å². The summed E-state index contributed by atoms with van der Waals surface area (Å²) in [4.78, 5) is 23.6. The predicted octanol–water partition coefficient (Wildman–Crippen LogP) is 5.37. The third kappa shape index (κ3) is 4.96. The van der Waals surface area contributed by atoms with Crippen LogP contribution in [0.25, 0.3) is 10.9 Å². The van der Waals surface area contributed by atoms with Crippen molar-refractivity contribution in [2.45, 2.75) is 20.4 Å². The molecule has 2 amide bonds.